The largest absolute Gasteiger partial charge is 0.505 e. The summed E-state index contributed by atoms with van der Waals surface area (Å²) in [6, 6.07) is 8.62. The van der Waals surface area contributed by atoms with Gasteiger partial charge in [0.1, 0.15) is 10.5 Å². The maximum atomic E-state index is 13.5. The lowest BCUT2D eigenvalue weighted by atomic mass is 9.87. The third-order valence-electron chi connectivity index (χ3n) is 5.89. The minimum atomic E-state index is -3.51. The topological polar surface area (TPSA) is 119 Å². The standard InChI is InChI=1S/C21H24N4O4S2/c1-12-5-4-6-13(11-12)23-25-15-9-10-30-19(15)18(26)17(21(25)27)20-22-14-7-2-3-8-16(14)31(28,29)24-20/h2-3,7-10,12-13,23,26,28-29H,4-6,11H2,1H3,(H,22,24)/t12-,13?/m1/s1. The highest BCUT2D eigenvalue weighted by atomic mass is 32.3. The van der Waals surface area contributed by atoms with Crippen molar-refractivity contribution in [2.24, 2.45) is 10.3 Å². The van der Waals surface area contributed by atoms with Crippen LogP contribution in [0.15, 0.2) is 49.8 Å². The summed E-state index contributed by atoms with van der Waals surface area (Å²) in [5, 5.41) is 15.8. The molecule has 31 heavy (non-hydrogen) atoms. The van der Waals surface area contributed by atoms with E-state index in [1.165, 1.54) is 22.4 Å². The second-order valence-electron chi connectivity index (χ2n) is 8.18. The van der Waals surface area contributed by atoms with Crippen LogP contribution in [0.5, 0.6) is 5.75 Å². The van der Waals surface area contributed by atoms with Gasteiger partial charge in [-0.3, -0.25) is 13.9 Å². The number of fused-ring (bicyclic) bond motifs is 2. The van der Waals surface area contributed by atoms with Crippen molar-refractivity contribution in [3.63, 3.8) is 0 Å². The van der Waals surface area contributed by atoms with Crippen molar-refractivity contribution < 1.29 is 14.2 Å². The number of aromatic nitrogens is 1. The van der Waals surface area contributed by atoms with Crippen molar-refractivity contribution in [1.29, 1.82) is 0 Å². The van der Waals surface area contributed by atoms with E-state index in [1.807, 2.05) is 5.38 Å². The molecule has 1 aliphatic carbocycles. The number of hydrogen-bond donors (Lipinski definition) is 5. The van der Waals surface area contributed by atoms with Crippen LogP contribution in [0.2, 0.25) is 0 Å². The molecule has 8 nitrogen and oxygen atoms in total. The van der Waals surface area contributed by atoms with Crippen molar-refractivity contribution in [1.82, 2.24) is 4.68 Å². The van der Waals surface area contributed by atoms with E-state index >= 15 is 0 Å². The van der Waals surface area contributed by atoms with Crippen LogP contribution in [0.1, 0.15) is 38.2 Å². The molecule has 0 spiro atoms. The van der Waals surface area contributed by atoms with Gasteiger partial charge >= 0.3 is 0 Å². The zero-order chi connectivity index (χ0) is 21.8. The Morgan fingerprint density at radius 1 is 1.26 bits per heavy atom. The third-order valence-corrected chi connectivity index (χ3v) is 8.19. The van der Waals surface area contributed by atoms with E-state index in [4.69, 9.17) is 0 Å². The summed E-state index contributed by atoms with van der Waals surface area (Å²) in [6.45, 7) is 2.21. The molecule has 3 aromatic rings. The number of hydrogen-bond acceptors (Lipinski definition) is 8. The van der Waals surface area contributed by atoms with E-state index in [-0.39, 0.29) is 28.1 Å². The maximum Gasteiger partial charge on any atom is 0.284 e. The first kappa shape index (κ1) is 20.4. The fourth-order valence-corrected chi connectivity index (χ4v) is 6.40. The Hall–Kier alpha value is -2.53. The SMILES string of the molecule is C[C@@H]1CCCC(Nn2c(=O)c(C3=NS(O)(O)c4ccccc4N3)c(O)c3sccc32)C1. The molecule has 1 saturated carbocycles. The summed E-state index contributed by atoms with van der Waals surface area (Å²) in [5.41, 5.74) is 3.83. The highest BCUT2D eigenvalue weighted by molar-refractivity contribution is 8.23. The molecule has 10 heteroatoms. The molecule has 1 aromatic carbocycles. The normalized spacial score (nSPS) is 23.5. The fourth-order valence-electron chi connectivity index (χ4n) is 4.41. The van der Waals surface area contributed by atoms with Gasteiger partial charge in [-0.2, -0.15) is 0 Å². The van der Waals surface area contributed by atoms with Crippen molar-refractivity contribution in [3.05, 3.63) is 51.6 Å². The number of amidine groups is 1. The number of nitrogens with one attached hydrogen (secondary N) is 2. The molecular formula is C21H24N4O4S2. The summed E-state index contributed by atoms with van der Waals surface area (Å²) in [6.07, 6.45) is 4.20. The zero-order valence-electron chi connectivity index (χ0n) is 16.9. The number of para-hydroxylation sites is 1. The van der Waals surface area contributed by atoms with Gasteiger partial charge in [0.05, 0.1) is 15.9 Å². The van der Waals surface area contributed by atoms with E-state index in [9.17, 15) is 19.0 Å². The van der Waals surface area contributed by atoms with Crippen LogP contribution < -0.4 is 16.3 Å². The molecular weight excluding hydrogens is 436 g/mol. The number of rotatable bonds is 3. The molecule has 5 rings (SSSR count). The van der Waals surface area contributed by atoms with Gasteiger partial charge in [0.2, 0.25) is 0 Å². The van der Waals surface area contributed by atoms with E-state index in [2.05, 4.69) is 22.1 Å². The molecule has 0 bridgehead atoms. The minimum absolute atomic E-state index is 0.0518. The molecule has 0 amide bonds. The van der Waals surface area contributed by atoms with Gasteiger partial charge in [-0.15, -0.1) is 15.7 Å². The van der Waals surface area contributed by atoms with Crippen LogP contribution in [0, 0.1) is 5.92 Å². The lowest BCUT2D eigenvalue weighted by molar-refractivity contribution is 0.345. The Balaban J connectivity index is 1.65. The van der Waals surface area contributed by atoms with E-state index in [0.717, 1.165) is 19.3 Å². The Morgan fingerprint density at radius 3 is 2.87 bits per heavy atom. The van der Waals surface area contributed by atoms with Crippen LogP contribution in [0.25, 0.3) is 10.2 Å². The lowest BCUT2D eigenvalue weighted by Gasteiger charge is -2.34. The quantitative estimate of drug-likeness (QED) is 0.383. The van der Waals surface area contributed by atoms with Crippen molar-refractivity contribution >= 4 is 43.9 Å². The first-order valence-corrected chi connectivity index (χ1v) is 12.6. The van der Waals surface area contributed by atoms with Crippen molar-refractivity contribution in [2.45, 2.75) is 43.5 Å². The second kappa shape index (κ2) is 7.56. The van der Waals surface area contributed by atoms with Gasteiger partial charge in [0.25, 0.3) is 5.56 Å². The molecule has 2 aliphatic rings. The number of pyridine rings is 1. The zero-order valence-corrected chi connectivity index (χ0v) is 18.5. The Labute approximate surface area is 184 Å². The number of anilines is 1. The van der Waals surface area contributed by atoms with Crippen LogP contribution in [0.3, 0.4) is 0 Å². The highest BCUT2D eigenvalue weighted by Gasteiger charge is 2.31. The van der Waals surface area contributed by atoms with E-state index in [0.29, 0.717) is 21.8 Å². The van der Waals surface area contributed by atoms with Gasteiger partial charge in [-0.05, 0) is 42.3 Å². The number of thiophene rings is 1. The molecule has 164 valence electrons. The molecule has 1 unspecified atom stereocenters. The van der Waals surface area contributed by atoms with E-state index in [1.54, 1.807) is 30.3 Å². The minimum Gasteiger partial charge on any atom is -0.505 e. The monoisotopic (exact) mass is 460 g/mol. The first-order valence-electron chi connectivity index (χ1n) is 10.2. The molecule has 3 heterocycles. The maximum absolute atomic E-state index is 13.5. The highest BCUT2D eigenvalue weighted by Crippen LogP contribution is 2.55. The Bertz CT molecular complexity index is 1250. The number of nitrogens with zero attached hydrogens (tertiary/aromatic N) is 2. The van der Waals surface area contributed by atoms with E-state index < -0.39 is 16.3 Å². The lowest BCUT2D eigenvalue weighted by Crippen LogP contribution is -2.41. The molecule has 2 atom stereocenters. The first-order chi connectivity index (χ1) is 14.8. The molecule has 1 fully saturated rings. The van der Waals surface area contributed by atoms with Crippen molar-refractivity contribution in [3.8, 4) is 5.75 Å². The molecule has 0 radical (unpaired) electrons. The predicted molar refractivity (Wildman–Crippen MR) is 126 cm³/mol. The fraction of sp³-hybridized carbons (Fsp3) is 0.333. The summed E-state index contributed by atoms with van der Waals surface area (Å²) in [5.74, 6) is 0.306. The van der Waals surface area contributed by atoms with Crippen LogP contribution >= 0.6 is 22.1 Å². The Morgan fingerprint density at radius 2 is 2.06 bits per heavy atom. The van der Waals surface area contributed by atoms with Gasteiger partial charge in [0, 0.05) is 6.04 Å². The average molecular weight is 461 g/mol. The van der Waals surface area contributed by atoms with Crippen LogP contribution in [0.4, 0.5) is 5.69 Å². The third kappa shape index (κ3) is 3.49. The summed E-state index contributed by atoms with van der Waals surface area (Å²) >= 11 is 1.31. The van der Waals surface area contributed by atoms with Crippen LogP contribution in [-0.4, -0.2) is 30.8 Å². The smallest absolute Gasteiger partial charge is 0.284 e. The second-order valence-corrected chi connectivity index (χ2v) is 10.8. The summed E-state index contributed by atoms with van der Waals surface area (Å²) in [7, 11) is -3.51. The van der Waals surface area contributed by atoms with Gasteiger partial charge in [-0.1, -0.05) is 42.7 Å². The molecule has 1 aliphatic heterocycles. The van der Waals surface area contributed by atoms with Gasteiger partial charge in [-0.25, -0.2) is 4.68 Å². The van der Waals surface area contributed by atoms with Crippen LogP contribution in [-0.2, 0) is 0 Å². The Kier molecular flexibility index (Phi) is 4.97. The van der Waals surface area contributed by atoms with Crippen molar-refractivity contribution in [2.75, 3.05) is 10.7 Å². The molecule has 0 saturated heterocycles. The van der Waals surface area contributed by atoms with Gasteiger partial charge in [0.15, 0.2) is 11.6 Å². The average Bonchev–Trinajstić information content (AvgIpc) is 3.21. The molecule has 5 N–H and O–H groups in total. The summed E-state index contributed by atoms with van der Waals surface area (Å²) < 4.78 is 27.2. The number of aromatic hydroxyl groups is 1. The molecule has 2 aromatic heterocycles. The van der Waals surface area contributed by atoms with Gasteiger partial charge < -0.3 is 15.8 Å². The number of benzene rings is 1. The summed E-state index contributed by atoms with van der Waals surface area (Å²) in [4.78, 5) is 13.8. The predicted octanol–water partition coefficient (Wildman–Crippen LogP) is 4.79.